The Hall–Kier alpha value is -1.49. The van der Waals surface area contributed by atoms with E-state index in [9.17, 15) is 26.7 Å². The first-order valence-electron chi connectivity index (χ1n) is 6.86. The molecule has 8 nitrogen and oxygen atoms in total. The van der Waals surface area contributed by atoms with Crippen LogP contribution < -0.4 is 0 Å². The van der Waals surface area contributed by atoms with Gasteiger partial charge in [-0.2, -0.15) is 4.31 Å². The van der Waals surface area contributed by atoms with Gasteiger partial charge in [0.15, 0.2) is 0 Å². The van der Waals surface area contributed by atoms with E-state index in [-0.39, 0.29) is 17.9 Å². The maximum atomic E-state index is 12.8. The summed E-state index contributed by atoms with van der Waals surface area (Å²) in [5.74, 6) is -1.24. The fourth-order valence-corrected chi connectivity index (χ4v) is 5.80. The summed E-state index contributed by atoms with van der Waals surface area (Å²) >= 11 is 0. The Morgan fingerprint density at radius 1 is 1.17 bits per heavy atom. The molecule has 0 bridgehead atoms. The van der Waals surface area contributed by atoms with Crippen molar-refractivity contribution in [1.82, 2.24) is 8.61 Å². The molecule has 1 fully saturated rings. The maximum Gasteiger partial charge on any atom is 0.322 e. The number of rotatable bonds is 5. The first-order chi connectivity index (χ1) is 10.6. The number of benzene rings is 1. The summed E-state index contributed by atoms with van der Waals surface area (Å²) < 4.78 is 52.1. The molecule has 0 radical (unpaired) electrons. The molecule has 1 saturated heterocycles. The predicted molar refractivity (Wildman–Crippen MR) is 81.9 cm³/mol. The summed E-state index contributed by atoms with van der Waals surface area (Å²) in [5, 5.41) is 9.18. The number of sulfonamides is 2. The van der Waals surface area contributed by atoms with Gasteiger partial charge in [-0.05, 0) is 25.0 Å². The van der Waals surface area contributed by atoms with Crippen LogP contribution in [0.2, 0.25) is 0 Å². The van der Waals surface area contributed by atoms with Gasteiger partial charge in [0.05, 0.1) is 0 Å². The van der Waals surface area contributed by atoms with Crippen LogP contribution in [0.25, 0.3) is 0 Å². The molecule has 1 atom stereocenters. The van der Waals surface area contributed by atoms with Crippen LogP contribution in [0.5, 0.6) is 0 Å². The Kier molecular flexibility index (Phi) is 4.81. The molecule has 1 heterocycles. The van der Waals surface area contributed by atoms with Crippen LogP contribution in [0.15, 0.2) is 34.1 Å². The van der Waals surface area contributed by atoms with Gasteiger partial charge in [-0.15, -0.1) is 0 Å². The van der Waals surface area contributed by atoms with Crippen LogP contribution in [-0.4, -0.2) is 63.2 Å². The Bertz CT molecular complexity index is 817. The van der Waals surface area contributed by atoms with Crippen molar-refractivity contribution in [2.24, 2.45) is 0 Å². The minimum Gasteiger partial charge on any atom is -0.480 e. The van der Waals surface area contributed by atoms with E-state index in [1.165, 1.54) is 38.4 Å². The number of carboxylic acid groups (broad SMARTS) is 1. The second-order valence-electron chi connectivity index (χ2n) is 5.35. The highest BCUT2D eigenvalue weighted by Crippen LogP contribution is 2.30. The Morgan fingerprint density at radius 3 is 2.26 bits per heavy atom. The summed E-state index contributed by atoms with van der Waals surface area (Å²) in [4.78, 5) is 10.5. The largest absolute Gasteiger partial charge is 0.480 e. The monoisotopic (exact) mass is 362 g/mol. The van der Waals surface area contributed by atoms with Crippen molar-refractivity contribution in [1.29, 1.82) is 0 Å². The van der Waals surface area contributed by atoms with Crippen LogP contribution in [0.1, 0.15) is 12.8 Å². The van der Waals surface area contributed by atoms with E-state index < -0.39 is 37.0 Å². The van der Waals surface area contributed by atoms with E-state index in [0.717, 1.165) is 8.61 Å². The topological polar surface area (TPSA) is 112 Å². The van der Waals surface area contributed by atoms with Crippen molar-refractivity contribution in [2.45, 2.75) is 28.7 Å². The zero-order valence-electron chi connectivity index (χ0n) is 12.7. The lowest BCUT2D eigenvalue weighted by atomic mass is 10.2. The van der Waals surface area contributed by atoms with Crippen LogP contribution in [-0.2, 0) is 24.8 Å². The van der Waals surface area contributed by atoms with Crippen molar-refractivity contribution >= 4 is 26.0 Å². The molecule has 2 rings (SSSR count). The predicted octanol–water partition coefficient (Wildman–Crippen LogP) is 0.175. The fraction of sp³-hybridized carbons (Fsp3) is 0.462. The molecule has 0 aliphatic carbocycles. The highest BCUT2D eigenvalue weighted by atomic mass is 32.2. The van der Waals surface area contributed by atoms with Gasteiger partial charge >= 0.3 is 5.97 Å². The molecule has 0 amide bonds. The number of hydrogen-bond donors (Lipinski definition) is 1. The Labute approximate surface area is 135 Å². The molecule has 1 N–H and O–H groups in total. The van der Waals surface area contributed by atoms with Crippen LogP contribution in [0.4, 0.5) is 0 Å². The van der Waals surface area contributed by atoms with Gasteiger partial charge in [-0.3, -0.25) is 4.79 Å². The first kappa shape index (κ1) is 17.9. The molecule has 10 heteroatoms. The molecule has 0 spiro atoms. The molecule has 1 aliphatic heterocycles. The standard InChI is InChI=1S/C13H18N2O6S2/c1-14(2)22(18,19)11-7-3-4-8-12(11)23(20,21)15-9-5-6-10(15)13(16)17/h3-4,7-8,10H,5-6,9H2,1-2H3,(H,16,17). The molecule has 0 saturated carbocycles. The average Bonchev–Trinajstić information content (AvgIpc) is 2.97. The van der Waals surface area contributed by atoms with Crippen molar-refractivity contribution < 1.29 is 26.7 Å². The van der Waals surface area contributed by atoms with Gasteiger partial charge < -0.3 is 5.11 Å². The van der Waals surface area contributed by atoms with E-state index >= 15 is 0 Å². The molecule has 1 unspecified atom stereocenters. The molecule has 128 valence electrons. The van der Waals surface area contributed by atoms with Crippen molar-refractivity contribution in [2.75, 3.05) is 20.6 Å². The highest BCUT2D eigenvalue weighted by molar-refractivity contribution is 7.92. The molecule has 1 aliphatic rings. The molecule has 0 aromatic heterocycles. The van der Waals surface area contributed by atoms with Crippen molar-refractivity contribution in [3.63, 3.8) is 0 Å². The lowest BCUT2D eigenvalue weighted by molar-refractivity contribution is -0.140. The molecular weight excluding hydrogens is 344 g/mol. The number of carboxylic acids is 1. The van der Waals surface area contributed by atoms with Crippen LogP contribution in [0.3, 0.4) is 0 Å². The van der Waals surface area contributed by atoms with Crippen molar-refractivity contribution in [3.8, 4) is 0 Å². The second kappa shape index (κ2) is 6.19. The Balaban J connectivity index is 2.61. The van der Waals surface area contributed by atoms with E-state index in [0.29, 0.717) is 6.42 Å². The summed E-state index contributed by atoms with van der Waals surface area (Å²) in [5.41, 5.74) is 0. The SMILES string of the molecule is CN(C)S(=O)(=O)c1ccccc1S(=O)(=O)N1CCCC1C(=O)O. The van der Waals surface area contributed by atoms with E-state index in [2.05, 4.69) is 0 Å². The number of aliphatic carboxylic acids is 1. The normalized spacial score (nSPS) is 20.0. The van der Waals surface area contributed by atoms with E-state index in [1.54, 1.807) is 0 Å². The lowest BCUT2D eigenvalue weighted by Gasteiger charge is -2.23. The average molecular weight is 362 g/mol. The van der Waals surface area contributed by atoms with Gasteiger partial charge in [0.25, 0.3) is 0 Å². The van der Waals surface area contributed by atoms with Gasteiger partial charge in [0.2, 0.25) is 20.0 Å². The molecule has 23 heavy (non-hydrogen) atoms. The third-order valence-corrected chi connectivity index (χ3v) is 7.65. The molecule has 1 aromatic carbocycles. The Morgan fingerprint density at radius 2 is 1.74 bits per heavy atom. The number of carbonyl (C=O) groups is 1. The minimum absolute atomic E-state index is 0.0512. The second-order valence-corrected chi connectivity index (χ2v) is 9.33. The summed E-state index contributed by atoms with van der Waals surface area (Å²) in [6.07, 6.45) is 0.621. The zero-order valence-corrected chi connectivity index (χ0v) is 14.3. The summed E-state index contributed by atoms with van der Waals surface area (Å²) in [6.45, 7) is 0.0512. The van der Waals surface area contributed by atoms with Crippen LogP contribution >= 0.6 is 0 Å². The van der Waals surface area contributed by atoms with E-state index in [1.807, 2.05) is 0 Å². The summed E-state index contributed by atoms with van der Waals surface area (Å²) in [7, 11) is -5.61. The highest BCUT2D eigenvalue weighted by Gasteiger charge is 2.41. The molecular formula is C13H18N2O6S2. The van der Waals surface area contributed by atoms with Crippen LogP contribution in [0, 0.1) is 0 Å². The third-order valence-electron chi connectivity index (χ3n) is 3.68. The van der Waals surface area contributed by atoms with Gasteiger partial charge in [-0.25, -0.2) is 21.1 Å². The zero-order chi connectivity index (χ0) is 17.4. The van der Waals surface area contributed by atoms with Gasteiger partial charge in [-0.1, -0.05) is 12.1 Å². The maximum absolute atomic E-state index is 12.8. The lowest BCUT2D eigenvalue weighted by Crippen LogP contribution is -2.41. The minimum atomic E-state index is -4.23. The quantitative estimate of drug-likeness (QED) is 0.799. The fourth-order valence-electron chi connectivity index (χ4n) is 2.47. The van der Waals surface area contributed by atoms with Gasteiger partial charge in [0.1, 0.15) is 15.8 Å². The van der Waals surface area contributed by atoms with Crippen molar-refractivity contribution in [3.05, 3.63) is 24.3 Å². The first-order valence-corrected chi connectivity index (χ1v) is 9.74. The third kappa shape index (κ3) is 3.11. The van der Waals surface area contributed by atoms with Gasteiger partial charge in [0, 0.05) is 20.6 Å². The smallest absolute Gasteiger partial charge is 0.322 e. The number of hydrogen-bond acceptors (Lipinski definition) is 5. The summed E-state index contributed by atoms with van der Waals surface area (Å²) in [6, 6.07) is 4.05. The molecule has 1 aromatic rings. The number of nitrogens with zero attached hydrogens (tertiary/aromatic N) is 2. The van der Waals surface area contributed by atoms with E-state index in [4.69, 9.17) is 0 Å².